The molecule has 0 saturated carbocycles. The molecule has 3 nitrogen and oxygen atoms in total. The first kappa shape index (κ1) is 11.3. The van der Waals surface area contributed by atoms with E-state index in [-0.39, 0.29) is 0 Å². The molecule has 0 spiro atoms. The second-order valence-corrected chi connectivity index (χ2v) is 3.28. The van der Waals surface area contributed by atoms with Crippen LogP contribution in [-0.2, 0) is 0 Å². The van der Waals surface area contributed by atoms with Gasteiger partial charge < -0.3 is 10.6 Å². The normalized spacial score (nSPS) is 11.6. The van der Waals surface area contributed by atoms with Crippen LogP contribution in [0.4, 0.5) is 0 Å². The Hall–Kier alpha value is -0.700. The second kappa shape index (κ2) is 5.89. The lowest BCUT2D eigenvalue weighted by Gasteiger charge is -2.13. The van der Waals surface area contributed by atoms with E-state index in [4.69, 9.17) is 11.6 Å². The van der Waals surface area contributed by atoms with Crippen LogP contribution in [0.5, 0.6) is 0 Å². The van der Waals surface area contributed by atoms with Crippen molar-refractivity contribution in [2.75, 3.05) is 13.6 Å². The molecular weight excluding hydrogens is 174 g/mol. The van der Waals surface area contributed by atoms with Crippen molar-refractivity contribution < 1.29 is 0 Å². The predicted molar refractivity (Wildman–Crippen MR) is 54.6 cm³/mol. The highest BCUT2D eigenvalue weighted by atomic mass is 35.5. The van der Waals surface area contributed by atoms with Gasteiger partial charge in [-0.05, 0) is 13.8 Å². The van der Waals surface area contributed by atoms with Crippen LogP contribution in [0.15, 0.2) is 16.6 Å². The summed E-state index contributed by atoms with van der Waals surface area (Å²) in [5.41, 5.74) is 0. The summed E-state index contributed by atoms with van der Waals surface area (Å²) in [5, 5.41) is 6.70. The van der Waals surface area contributed by atoms with Gasteiger partial charge in [-0.1, -0.05) is 18.2 Å². The van der Waals surface area contributed by atoms with Gasteiger partial charge in [0.2, 0.25) is 0 Å². The molecule has 70 valence electrons. The van der Waals surface area contributed by atoms with E-state index >= 15 is 0 Å². The van der Waals surface area contributed by atoms with Gasteiger partial charge in [0, 0.05) is 18.1 Å². The van der Waals surface area contributed by atoms with E-state index in [2.05, 4.69) is 22.2 Å². The monoisotopic (exact) mass is 189 g/mol. The lowest BCUT2D eigenvalue weighted by Crippen LogP contribution is -2.41. The van der Waals surface area contributed by atoms with Crippen molar-refractivity contribution >= 4 is 17.6 Å². The number of halogens is 1. The Labute approximate surface area is 78.9 Å². The fraction of sp³-hybridized carbons (Fsp3) is 0.625. The Morgan fingerprint density at radius 3 is 2.50 bits per heavy atom. The van der Waals surface area contributed by atoms with Gasteiger partial charge >= 0.3 is 0 Å². The number of nitrogens with zero attached hydrogens (tertiary/aromatic N) is 1. The quantitative estimate of drug-likeness (QED) is 0.519. The molecule has 0 saturated heterocycles. The summed E-state index contributed by atoms with van der Waals surface area (Å²) >= 11 is 5.58. The fourth-order valence-corrected chi connectivity index (χ4v) is 0.715. The zero-order chi connectivity index (χ0) is 9.56. The molecular formula is C8H16ClN3. The van der Waals surface area contributed by atoms with Crippen LogP contribution in [-0.4, -0.2) is 25.6 Å². The third kappa shape index (κ3) is 6.04. The third-order valence-electron chi connectivity index (χ3n) is 1.10. The minimum absolute atomic E-state index is 0.361. The van der Waals surface area contributed by atoms with Gasteiger partial charge in [-0.2, -0.15) is 0 Å². The van der Waals surface area contributed by atoms with Crippen molar-refractivity contribution in [1.29, 1.82) is 0 Å². The molecule has 0 rings (SSSR count). The Bertz CT molecular complexity index is 175. The predicted octanol–water partition coefficient (Wildman–Crippen LogP) is 1.31. The van der Waals surface area contributed by atoms with Gasteiger partial charge in [0.1, 0.15) is 0 Å². The average molecular weight is 190 g/mol. The molecule has 0 aromatic heterocycles. The maximum atomic E-state index is 5.58. The van der Waals surface area contributed by atoms with E-state index < -0.39 is 0 Å². The molecule has 0 aliphatic heterocycles. The highest BCUT2D eigenvalue weighted by Crippen LogP contribution is 1.91. The van der Waals surface area contributed by atoms with Crippen molar-refractivity contribution in [3.63, 3.8) is 0 Å². The van der Waals surface area contributed by atoms with Crippen LogP contribution in [0.2, 0.25) is 0 Å². The van der Waals surface area contributed by atoms with Gasteiger partial charge in [0.05, 0.1) is 6.54 Å². The number of rotatable bonds is 3. The second-order valence-electron chi connectivity index (χ2n) is 2.74. The molecule has 0 aliphatic rings. The van der Waals surface area contributed by atoms with Crippen molar-refractivity contribution in [1.82, 2.24) is 10.6 Å². The van der Waals surface area contributed by atoms with Crippen LogP contribution in [0, 0.1) is 0 Å². The first-order valence-corrected chi connectivity index (χ1v) is 4.24. The summed E-state index contributed by atoms with van der Waals surface area (Å²) in [5.74, 6) is 0.742. The Kier molecular flexibility index (Phi) is 5.54. The Morgan fingerprint density at radius 1 is 1.58 bits per heavy atom. The molecule has 2 N–H and O–H groups in total. The summed E-state index contributed by atoms with van der Waals surface area (Å²) in [6.45, 7) is 8.18. The molecule has 0 aromatic carbocycles. The highest BCUT2D eigenvalue weighted by molar-refractivity contribution is 6.29. The van der Waals surface area contributed by atoms with E-state index in [9.17, 15) is 0 Å². The largest absolute Gasteiger partial charge is 0.354 e. The maximum absolute atomic E-state index is 5.58. The van der Waals surface area contributed by atoms with Crippen LogP contribution in [0.25, 0.3) is 0 Å². The molecule has 0 aliphatic carbocycles. The van der Waals surface area contributed by atoms with E-state index in [1.807, 2.05) is 13.8 Å². The maximum Gasteiger partial charge on any atom is 0.191 e. The Balaban J connectivity index is 3.77. The zero-order valence-corrected chi connectivity index (χ0v) is 8.57. The van der Waals surface area contributed by atoms with Crippen molar-refractivity contribution in [2.45, 2.75) is 19.9 Å². The van der Waals surface area contributed by atoms with Gasteiger partial charge in [-0.3, -0.25) is 4.99 Å². The first-order chi connectivity index (χ1) is 5.56. The first-order valence-electron chi connectivity index (χ1n) is 3.86. The van der Waals surface area contributed by atoms with Crippen molar-refractivity contribution in [3.05, 3.63) is 11.6 Å². The van der Waals surface area contributed by atoms with Gasteiger partial charge in [0.25, 0.3) is 0 Å². The summed E-state index contributed by atoms with van der Waals surface area (Å²) in [4.78, 5) is 3.99. The van der Waals surface area contributed by atoms with Crippen LogP contribution in [0.1, 0.15) is 13.8 Å². The molecule has 0 fully saturated rings. The molecule has 0 bridgehead atoms. The van der Waals surface area contributed by atoms with Crippen LogP contribution < -0.4 is 10.6 Å². The molecule has 0 aromatic rings. The van der Waals surface area contributed by atoms with Gasteiger partial charge in [-0.15, -0.1) is 0 Å². The van der Waals surface area contributed by atoms with E-state index in [1.165, 1.54) is 0 Å². The average Bonchev–Trinajstić information content (AvgIpc) is 1.97. The topological polar surface area (TPSA) is 36.4 Å². The summed E-state index contributed by atoms with van der Waals surface area (Å²) in [6.07, 6.45) is 0. The van der Waals surface area contributed by atoms with E-state index in [0.717, 1.165) is 5.96 Å². The van der Waals surface area contributed by atoms with Crippen molar-refractivity contribution in [3.8, 4) is 0 Å². The minimum Gasteiger partial charge on any atom is -0.354 e. The summed E-state index contributed by atoms with van der Waals surface area (Å²) in [6, 6.07) is 0.361. The zero-order valence-electron chi connectivity index (χ0n) is 7.82. The molecule has 12 heavy (non-hydrogen) atoms. The molecule has 0 radical (unpaired) electrons. The van der Waals surface area contributed by atoms with Gasteiger partial charge in [0.15, 0.2) is 5.96 Å². The van der Waals surface area contributed by atoms with Crippen LogP contribution >= 0.6 is 11.6 Å². The number of hydrogen-bond acceptors (Lipinski definition) is 1. The number of hydrogen-bond donors (Lipinski definition) is 2. The number of aliphatic imine (C=N–C) groups is 1. The molecule has 4 heteroatoms. The standard InChI is InChI=1S/C8H16ClN3/c1-6(2)12-8(10-4)11-5-7(3)9/h6H,3,5H2,1-2,4H3,(H2,10,11,12). The van der Waals surface area contributed by atoms with E-state index in [1.54, 1.807) is 7.05 Å². The van der Waals surface area contributed by atoms with E-state index in [0.29, 0.717) is 17.6 Å². The van der Waals surface area contributed by atoms with Gasteiger partial charge in [-0.25, -0.2) is 0 Å². The lowest BCUT2D eigenvalue weighted by atomic mass is 10.4. The molecule has 0 heterocycles. The summed E-state index contributed by atoms with van der Waals surface area (Å²) < 4.78 is 0. The SMILES string of the molecule is C=C(Cl)CNC(=NC)NC(C)C. The third-order valence-corrected chi connectivity index (χ3v) is 1.23. The van der Waals surface area contributed by atoms with Crippen molar-refractivity contribution in [2.24, 2.45) is 4.99 Å². The highest BCUT2D eigenvalue weighted by Gasteiger charge is 1.98. The molecule has 0 unspecified atom stereocenters. The van der Waals surface area contributed by atoms with Crippen LogP contribution in [0.3, 0.4) is 0 Å². The molecule has 0 atom stereocenters. The fourth-order valence-electron chi connectivity index (χ4n) is 0.648. The molecule has 0 amide bonds. The smallest absolute Gasteiger partial charge is 0.191 e. The number of nitrogens with one attached hydrogen (secondary N) is 2. The Morgan fingerprint density at radius 2 is 2.17 bits per heavy atom. The number of guanidine groups is 1. The lowest BCUT2D eigenvalue weighted by molar-refractivity contribution is 0.708. The summed E-state index contributed by atoms with van der Waals surface area (Å²) in [7, 11) is 1.72. The minimum atomic E-state index is 0.361.